The molecule has 134 valence electrons. The zero-order valence-corrected chi connectivity index (χ0v) is 14.9. The zero-order chi connectivity index (χ0) is 18.9. The van der Waals surface area contributed by atoms with Crippen molar-refractivity contribution in [1.82, 2.24) is 19.5 Å². The molecule has 0 aliphatic carbocycles. The molecule has 0 amide bonds. The lowest BCUT2D eigenvalue weighted by atomic mass is 10.0. The maximum atomic E-state index is 9.80. The number of hydrogen-bond acceptors (Lipinski definition) is 6. The largest absolute Gasteiger partial charge is 0.396 e. The van der Waals surface area contributed by atoms with E-state index in [4.69, 9.17) is 5.73 Å². The van der Waals surface area contributed by atoms with Gasteiger partial charge in [-0.1, -0.05) is 12.8 Å². The van der Waals surface area contributed by atoms with E-state index in [0.717, 1.165) is 16.5 Å². The summed E-state index contributed by atoms with van der Waals surface area (Å²) in [6.07, 6.45) is 5.24. The van der Waals surface area contributed by atoms with Crippen LogP contribution in [0.4, 0.5) is 5.95 Å². The minimum absolute atomic E-state index is 0.0191. The Labute approximate surface area is 151 Å². The molecule has 3 rings (SSSR count). The van der Waals surface area contributed by atoms with E-state index in [-0.39, 0.29) is 18.5 Å². The second-order valence-corrected chi connectivity index (χ2v) is 6.71. The molecule has 0 spiro atoms. The number of aliphatic hydroxyl groups excluding tert-OH is 1. The third-order valence-corrected chi connectivity index (χ3v) is 3.93. The van der Waals surface area contributed by atoms with E-state index in [0.29, 0.717) is 11.5 Å². The van der Waals surface area contributed by atoms with Gasteiger partial charge in [0.05, 0.1) is 5.52 Å². The SMILES string of the molecule is CC(CO)c1cn(-c2ccnc(N)n2)c2cc(C#CC(C)(C)O)ncc12. The maximum Gasteiger partial charge on any atom is 0.221 e. The van der Waals surface area contributed by atoms with Gasteiger partial charge in [-0.15, -0.1) is 0 Å². The summed E-state index contributed by atoms with van der Waals surface area (Å²) in [5.74, 6) is 6.38. The van der Waals surface area contributed by atoms with Crippen LogP contribution >= 0.6 is 0 Å². The Kier molecular flexibility index (Phi) is 4.64. The molecule has 0 radical (unpaired) electrons. The zero-order valence-electron chi connectivity index (χ0n) is 14.9. The highest BCUT2D eigenvalue weighted by atomic mass is 16.3. The van der Waals surface area contributed by atoms with Crippen LogP contribution in [0.2, 0.25) is 0 Å². The third-order valence-electron chi connectivity index (χ3n) is 3.93. The highest BCUT2D eigenvalue weighted by Gasteiger charge is 2.16. The van der Waals surface area contributed by atoms with Gasteiger partial charge in [-0.25, -0.2) is 9.97 Å². The van der Waals surface area contributed by atoms with Crippen molar-refractivity contribution in [3.05, 3.63) is 42.0 Å². The van der Waals surface area contributed by atoms with Gasteiger partial charge in [0.1, 0.15) is 17.1 Å². The molecule has 7 nitrogen and oxygen atoms in total. The first-order valence-corrected chi connectivity index (χ1v) is 8.25. The monoisotopic (exact) mass is 351 g/mol. The highest BCUT2D eigenvalue weighted by molar-refractivity contribution is 5.86. The third kappa shape index (κ3) is 3.67. The van der Waals surface area contributed by atoms with Crippen molar-refractivity contribution in [2.75, 3.05) is 12.3 Å². The van der Waals surface area contributed by atoms with Crippen molar-refractivity contribution in [2.45, 2.75) is 32.3 Å². The van der Waals surface area contributed by atoms with Crippen molar-refractivity contribution < 1.29 is 10.2 Å². The van der Waals surface area contributed by atoms with Crippen molar-refractivity contribution in [2.24, 2.45) is 0 Å². The summed E-state index contributed by atoms with van der Waals surface area (Å²) in [6.45, 7) is 5.19. The average molecular weight is 351 g/mol. The highest BCUT2D eigenvalue weighted by Crippen LogP contribution is 2.29. The fraction of sp³-hybridized carbons (Fsp3) is 0.316. The number of hydrogen-bond donors (Lipinski definition) is 3. The number of anilines is 1. The summed E-state index contributed by atoms with van der Waals surface area (Å²) in [5, 5.41) is 20.3. The van der Waals surface area contributed by atoms with Crippen LogP contribution in [0.25, 0.3) is 16.7 Å². The molecule has 0 saturated carbocycles. The first-order chi connectivity index (χ1) is 12.3. The summed E-state index contributed by atoms with van der Waals surface area (Å²) in [4.78, 5) is 12.6. The molecule has 1 unspecified atom stereocenters. The van der Waals surface area contributed by atoms with Crippen molar-refractivity contribution in [1.29, 1.82) is 0 Å². The lowest BCUT2D eigenvalue weighted by Gasteiger charge is -2.06. The maximum absolute atomic E-state index is 9.80. The van der Waals surface area contributed by atoms with E-state index < -0.39 is 5.60 Å². The summed E-state index contributed by atoms with van der Waals surface area (Å²) in [6, 6.07) is 3.59. The van der Waals surface area contributed by atoms with E-state index >= 15 is 0 Å². The van der Waals surface area contributed by atoms with Gasteiger partial charge >= 0.3 is 0 Å². The minimum Gasteiger partial charge on any atom is -0.396 e. The summed E-state index contributed by atoms with van der Waals surface area (Å²) in [7, 11) is 0. The minimum atomic E-state index is -1.10. The molecule has 4 N–H and O–H groups in total. The molecular weight excluding hydrogens is 330 g/mol. The first kappa shape index (κ1) is 17.9. The number of pyridine rings is 1. The predicted molar refractivity (Wildman–Crippen MR) is 99.7 cm³/mol. The van der Waals surface area contributed by atoms with Crippen LogP contribution in [0.5, 0.6) is 0 Å². The Morgan fingerprint density at radius 2 is 2.12 bits per heavy atom. The number of fused-ring (bicyclic) bond motifs is 1. The number of aromatic nitrogens is 4. The van der Waals surface area contributed by atoms with Crippen LogP contribution in [-0.4, -0.2) is 41.9 Å². The molecule has 26 heavy (non-hydrogen) atoms. The summed E-state index contributed by atoms with van der Waals surface area (Å²) in [5.41, 5.74) is 6.95. The van der Waals surface area contributed by atoms with Crippen LogP contribution in [-0.2, 0) is 0 Å². The van der Waals surface area contributed by atoms with Crippen LogP contribution in [0.15, 0.2) is 30.7 Å². The number of aliphatic hydroxyl groups is 2. The standard InChI is InChI=1S/C19H21N5O2/c1-12(11-25)15-10-24(17-5-7-21-18(20)23-17)16-8-13(22-9-14(15)16)4-6-19(2,3)26/h5,7-10,12,25-26H,11H2,1-3H3,(H2,20,21,23). The molecular formula is C19H21N5O2. The lowest BCUT2D eigenvalue weighted by Crippen LogP contribution is -2.14. The molecule has 1 atom stereocenters. The Bertz CT molecular complexity index is 1010. The smallest absolute Gasteiger partial charge is 0.221 e. The predicted octanol–water partition coefficient (Wildman–Crippen LogP) is 1.62. The van der Waals surface area contributed by atoms with Gasteiger partial charge in [0.2, 0.25) is 5.95 Å². The van der Waals surface area contributed by atoms with Crippen LogP contribution < -0.4 is 5.73 Å². The quantitative estimate of drug-likeness (QED) is 0.619. The summed E-state index contributed by atoms with van der Waals surface area (Å²) < 4.78 is 1.88. The molecule has 0 aromatic carbocycles. The first-order valence-electron chi connectivity index (χ1n) is 8.25. The average Bonchev–Trinajstić information content (AvgIpc) is 2.97. The Morgan fingerprint density at radius 1 is 1.35 bits per heavy atom. The fourth-order valence-corrected chi connectivity index (χ4v) is 2.61. The van der Waals surface area contributed by atoms with Gasteiger partial charge in [0, 0.05) is 36.5 Å². The molecule has 0 fully saturated rings. The fourth-order valence-electron chi connectivity index (χ4n) is 2.61. The Morgan fingerprint density at radius 3 is 2.77 bits per heavy atom. The van der Waals surface area contributed by atoms with Gasteiger partial charge < -0.3 is 20.5 Å². The van der Waals surface area contributed by atoms with Crippen LogP contribution in [0.3, 0.4) is 0 Å². The molecule has 3 aromatic rings. The second-order valence-electron chi connectivity index (χ2n) is 6.71. The normalized spacial score (nSPS) is 12.7. The number of rotatable bonds is 3. The van der Waals surface area contributed by atoms with E-state index in [1.54, 1.807) is 32.3 Å². The molecule has 3 aromatic heterocycles. The van der Waals surface area contributed by atoms with Crippen LogP contribution in [0, 0.1) is 11.8 Å². The second kappa shape index (κ2) is 6.75. The van der Waals surface area contributed by atoms with Gasteiger partial charge in [-0.3, -0.25) is 0 Å². The van der Waals surface area contributed by atoms with E-state index in [2.05, 4.69) is 26.8 Å². The molecule has 0 saturated heterocycles. The topological polar surface area (TPSA) is 110 Å². The molecule has 7 heteroatoms. The van der Waals surface area contributed by atoms with Gasteiger partial charge in [-0.05, 0) is 37.5 Å². The van der Waals surface area contributed by atoms with Gasteiger partial charge in [0.15, 0.2) is 0 Å². The Balaban J connectivity index is 2.23. The van der Waals surface area contributed by atoms with Crippen molar-refractivity contribution in [3.8, 4) is 17.7 Å². The van der Waals surface area contributed by atoms with Crippen LogP contribution in [0.1, 0.15) is 37.9 Å². The van der Waals surface area contributed by atoms with E-state index in [9.17, 15) is 10.2 Å². The van der Waals surface area contributed by atoms with Gasteiger partial charge in [-0.2, -0.15) is 4.98 Å². The molecule has 3 heterocycles. The molecule has 0 aliphatic rings. The molecule has 0 aliphatic heterocycles. The van der Waals surface area contributed by atoms with Gasteiger partial charge in [0.25, 0.3) is 0 Å². The van der Waals surface area contributed by atoms with E-state index in [1.165, 1.54) is 0 Å². The van der Waals surface area contributed by atoms with Crippen molar-refractivity contribution in [3.63, 3.8) is 0 Å². The van der Waals surface area contributed by atoms with Crippen molar-refractivity contribution >= 4 is 16.9 Å². The number of nitrogens with zero attached hydrogens (tertiary/aromatic N) is 4. The Hall–Kier alpha value is -2.95. The number of nitrogens with two attached hydrogens (primary N) is 1. The number of nitrogen functional groups attached to an aromatic ring is 1. The molecule has 0 bridgehead atoms. The summed E-state index contributed by atoms with van der Waals surface area (Å²) >= 11 is 0. The van der Waals surface area contributed by atoms with E-state index in [1.807, 2.05) is 23.8 Å². The lowest BCUT2D eigenvalue weighted by molar-refractivity contribution is 0.143.